The molecule has 428 valence electrons. The number of benzene rings is 5. The zero-order valence-electron chi connectivity index (χ0n) is 46.8. The van der Waals surface area contributed by atoms with Gasteiger partial charge in [-0.15, -0.1) is 18.3 Å². The van der Waals surface area contributed by atoms with E-state index in [1.54, 1.807) is 30.0 Å². The topological polar surface area (TPSA) is 162 Å². The van der Waals surface area contributed by atoms with E-state index in [2.05, 4.69) is 62.0 Å². The molecule has 1 aliphatic heterocycles. The maximum atomic E-state index is 15.5. The molecule has 0 radical (unpaired) electrons. The zero-order valence-corrected chi connectivity index (χ0v) is 47.6. The van der Waals surface area contributed by atoms with Crippen LogP contribution in [0, 0.1) is 27.9 Å². The van der Waals surface area contributed by atoms with E-state index in [4.69, 9.17) is 28.9 Å². The molecule has 1 fully saturated rings. The number of fused-ring (bicyclic) bond motifs is 3. The molecule has 0 aromatic heterocycles. The second-order valence-electron chi connectivity index (χ2n) is 21.5. The van der Waals surface area contributed by atoms with Crippen molar-refractivity contribution in [3.63, 3.8) is 0 Å². The Hall–Kier alpha value is -6.19. The number of carbonyl (C=O) groups is 1. The molecule has 5 aromatic carbocycles. The van der Waals surface area contributed by atoms with E-state index >= 15 is 4.79 Å². The summed E-state index contributed by atoms with van der Waals surface area (Å²) in [5.41, 5.74) is 4.11. The summed E-state index contributed by atoms with van der Waals surface area (Å²) in [6.45, 7) is 7.57. The summed E-state index contributed by atoms with van der Waals surface area (Å²) in [6, 6.07) is 36.1. The number of aliphatic hydroxyl groups excluding tert-OH is 2. The van der Waals surface area contributed by atoms with E-state index in [-0.39, 0.29) is 69.4 Å². The Kier molecular flexibility index (Phi) is 23.3. The molecule has 3 aliphatic rings. The van der Waals surface area contributed by atoms with Crippen LogP contribution in [0.4, 0.5) is 10.5 Å². The molecular weight excluding hydrogens is 1030 g/mol. The fraction of sp³-hybridized carbons (Fsp3) is 0.485. The molecular formula is C66H83N3O10S. The van der Waals surface area contributed by atoms with Gasteiger partial charge in [0.2, 0.25) is 5.79 Å². The van der Waals surface area contributed by atoms with Crippen LogP contribution in [0.2, 0.25) is 0 Å². The van der Waals surface area contributed by atoms with Gasteiger partial charge in [-0.2, -0.15) is 0 Å². The minimum absolute atomic E-state index is 0.00284. The van der Waals surface area contributed by atoms with Crippen LogP contribution in [0.25, 0.3) is 10.8 Å². The molecule has 6 unspecified atom stereocenters. The molecule has 0 saturated heterocycles. The van der Waals surface area contributed by atoms with Crippen LogP contribution in [0.5, 0.6) is 11.5 Å². The van der Waals surface area contributed by atoms with Gasteiger partial charge in [-0.25, -0.2) is 4.79 Å². The lowest BCUT2D eigenvalue weighted by Gasteiger charge is -2.60. The summed E-state index contributed by atoms with van der Waals surface area (Å²) in [6.07, 6.45) is 19.7. The Bertz CT molecular complexity index is 2800. The van der Waals surface area contributed by atoms with E-state index < -0.39 is 28.8 Å². The van der Waals surface area contributed by atoms with Gasteiger partial charge in [0.15, 0.2) is 0 Å². The Morgan fingerprint density at radius 2 is 1.55 bits per heavy atom. The number of unbranched alkanes of at least 4 members (excludes halogenated alkanes) is 11. The van der Waals surface area contributed by atoms with Crippen molar-refractivity contribution in [3.8, 4) is 11.5 Å². The predicted molar refractivity (Wildman–Crippen MR) is 318 cm³/mol. The lowest BCUT2D eigenvalue weighted by molar-refractivity contribution is -0.384. The first kappa shape index (κ1) is 59.9. The summed E-state index contributed by atoms with van der Waals surface area (Å²) in [4.78, 5) is 35.9. The van der Waals surface area contributed by atoms with Gasteiger partial charge >= 0.3 is 6.09 Å². The molecule has 5 aromatic rings. The lowest BCUT2D eigenvalue weighted by Crippen LogP contribution is -2.70. The normalized spacial score (nSPS) is 20.5. The van der Waals surface area contributed by atoms with Crippen molar-refractivity contribution in [3.05, 3.63) is 166 Å². The molecule has 1 amide bonds. The number of allylic oxidation sites excluding steroid dienone is 1. The van der Waals surface area contributed by atoms with E-state index in [9.17, 15) is 20.3 Å². The number of thioether (sulfide) groups is 1. The van der Waals surface area contributed by atoms with Crippen LogP contribution < -0.4 is 9.47 Å². The van der Waals surface area contributed by atoms with E-state index in [1.165, 1.54) is 55.6 Å². The van der Waals surface area contributed by atoms with Crippen LogP contribution in [0.3, 0.4) is 0 Å². The van der Waals surface area contributed by atoms with E-state index in [1.807, 2.05) is 53.4 Å². The third-order valence-corrected chi connectivity index (χ3v) is 17.1. The summed E-state index contributed by atoms with van der Waals surface area (Å²) < 4.78 is 27.9. The average molecular weight is 1110 g/mol. The van der Waals surface area contributed by atoms with Crippen molar-refractivity contribution < 1.29 is 43.7 Å². The van der Waals surface area contributed by atoms with Crippen molar-refractivity contribution >= 4 is 40.0 Å². The molecule has 8 rings (SSSR count). The first-order valence-electron chi connectivity index (χ1n) is 29.4. The highest BCUT2D eigenvalue weighted by molar-refractivity contribution is 7.99. The molecule has 6 atom stereocenters. The summed E-state index contributed by atoms with van der Waals surface area (Å²) in [5.74, 6) is -0.240. The smallest absolute Gasteiger partial charge is 0.410 e. The van der Waals surface area contributed by atoms with Gasteiger partial charge in [0, 0.05) is 53.9 Å². The number of hydrogen-bond donors (Lipinski definition) is 2. The monoisotopic (exact) mass is 1110 g/mol. The maximum Gasteiger partial charge on any atom is 0.410 e. The van der Waals surface area contributed by atoms with Crippen LogP contribution in [0.1, 0.15) is 139 Å². The van der Waals surface area contributed by atoms with Gasteiger partial charge in [0.25, 0.3) is 5.69 Å². The van der Waals surface area contributed by atoms with Gasteiger partial charge in [-0.1, -0.05) is 156 Å². The highest BCUT2D eigenvalue weighted by Gasteiger charge is 2.66. The largest absolute Gasteiger partial charge is 0.493 e. The van der Waals surface area contributed by atoms with Crippen molar-refractivity contribution in [2.24, 2.45) is 22.9 Å². The molecule has 1 heterocycles. The minimum Gasteiger partial charge on any atom is -0.493 e. The third-order valence-electron chi connectivity index (χ3n) is 16.1. The van der Waals surface area contributed by atoms with Gasteiger partial charge in [0.05, 0.1) is 42.9 Å². The number of nitro benzene ring substituents is 1. The van der Waals surface area contributed by atoms with Crippen LogP contribution in [-0.4, -0.2) is 82.5 Å². The van der Waals surface area contributed by atoms with Crippen molar-refractivity contribution in [1.82, 2.24) is 4.90 Å². The summed E-state index contributed by atoms with van der Waals surface area (Å²) in [5, 5.41) is 39.0. The number of hydrogen-bond acceptors (Lipinski definition) is 12. The molecule has 13 nitrogen and oxygen atoms in total. The number of nitrogens with zero attached hydrogens (tertiary/aromatic N) is 3. The van der Waals surface area contributed by atoms with Gasteiger partial charge in [0.1, 0.15) is 24.1 Å². The summed E-state index contributed by atoms with van der Waals surface area (Å²) in [7, 11) is 0. The fourth-order valence-corrected chi connectivity index (χ4v) is 13.0. The quantitative estimate of drug-likeness (QED) is 0.0133. The molecule has 2 aliphatic carbocycles. The predicted octanol–water partition coefficient (Wildman–Crippen LogP) is 15.3. The van der Waals surface area contributed by atoms with Crippen LogP contribution in [0.15, 0.2) is 150 Å². The first-order valence-corrected chi connectivity index (χ1v) is 30.4. The second kappa shape index (κ2) is 31.1. The zero-order chi connectivity index (χ0) is 55.9. The molecule has 14 heteroatoms. The molecule has 1 saturated carbocycles. The summed E-state index contributed by atoms with van der Waals surface area (Å²) >= 11 is 1.74. The minimum atomic E-state index is -1.52. The number of ether oxygens (including phenoxy) is 4. The lowest BCUT2D eigenvalue weighted by atomic mass is 9.55. The maximum absolute atomic E-state index is 15.5. The Morgan fingerprint density at radius 1 is 0.838 bits per heavy atom. The number of nitro groups is 1. The van der Waals surface area contributed by atoms with Crippen LogP contribution >= 0.6 is 11.8 Å². The first-order chi connectivity index (χ1) is 39.3. The number of rotatable bonds is 34. The fourth-order valence-electron chi connectivity index (χ4n) is 12.2. The number of carbonyl (C=O) groups excluding carboxylic acids is 1. The standard InChI is InChI=1S/C66H83N3O10S/c1-3-5-6-7-8-9-10-11-12-22-41-76-65(72)68(47-52-27-23-26-50-24-16-17-30-56(50)52)62-46-60(67-78-48-49-32-34-53(35-33-49)69(73)74)58-44-51(25-18-20-38-70)57(31-19-21-39-71)63-59-45-54(75-42-43-80-55-28-14-13-15-29-55)36-37-61(59)79-66(62,64(58)63)77-40-4-2/h4,13-17,23-24,26-30,32-37,44-45,51,57,62-64,70-71H,2-3,5-12,18-22,25,31,38-43,46-48H2,1H3. The van der Waals surface area contributed by atoms with E-state index in [0.29, 0.717) is 42.2 Å². The van der Waals surface area contributed by atoms with Gasteiger partial charge < -0.3 is 34.0 Å². The number of oxime groups is 1. The van der Waals surface area contributed by atoms with Gasteiger partial charge in [-0.05, 0) is 114 Å². The number of aliphatic hydroxyl groups is 2. The Labute approximate surface area is 477 Å². The second-order valence-corrected chi connectivity index (χ2v) is 22.7. The Morgan fingerprint density at radius 3 is 2.29 bits per heavy atom. The Balaban J connectivity index is 1.23. The molecule has 0 spiro atoms. The SMILES string of the molecule is C=CCOC12Oc3ccc(OCCSc4ccccc4)cc3C3C(CCCCO)C(CCCCO)C=C(C(=NOCc4ccc([N+](=O)[O-])cc4)CC1N(Cc1cccc4ccccc14)C(=O)OCCCCCCCCCCCC)C32. The number of non-ortho nitro benzene ring substituents is 1. The van der Waals surface area contributed by atoms with Crippen molar-refractivity contribution in [1.29, 1.82) is 0 Å². The highest BCUT2D eigenvalue weighted by Crippen LogP contribution is 2.62. The molecule has 2 N–H and O–H groups in total. The van der Waals surface area contributed by atoms with Crippen molar-refractivity contribution in [2.45, 2.75) is 152 Å². The molecule has 80 heavy (non-hydrogen) atoms. The third kappa shape index (κ3) is 15.6. The van der Waals surface area contributed by atoms with Crippen molar-refractivity contribution in [2.75, 3.05) is 38.8 Å². The molecule has 0 bridgehead atoms. The average Bonchev–Trinajstić information content (AvgIpc) is 3.67. The van der Waals surface area contributed by atoms with E-state index in [0.717, 1.165) is 84.6 Å². The number of amides is 1. The van der Waals surface area contributed by atoms with Gasteiger partial charge in [-0.3, -0.25) is 15.0 Å². The van der Waals surface area contributed by atoms with Crippen LogP contribution in [-0.2, 0) is 27.5 Å². The highest BCUT2D eigenvalue weighted by atomic mass is 32.2.